The Bertz CT molecular complexity index is 777. The van der Waals surface area contributed by atoms with Crippen molar-refractivity contribution in [1.29, 1.82) is 0 Å². The summed E-state index contributed by atoms with van der Waals surface area (Å²) in [7, 11) is 4.41. The molecule has 0 fully saturated rings. The van der Waals surface area contributed by atoms with Crippen molar-refractivity contribution in [3.05, 3.63) is 0 Å². The van der Waals surface area contributed by atoms with Gasteiger partial charge in [0.1, 0.15) is 12.4 Å². The van der Waals surface area contributed by atoms with E-state index in [1.807, 2.05) is 20.8 Å². The van der Waals surface area contributed by atoms with Crippen LogP contribution in [0.1, 0.15) is 185 Å². The monoisotopic (exact) mass is 807 g/mol. The summed E-state index contributed by atoms with van der Waals surface area (Å²) in [6, 6.07) is 0. The molecule has 0 aromatic carbocycles. The number of methoxy groups -OCH3 is 1. The van der Waals surface area contributed by atoms with E-state index in [0.29, 0.717) is 51.2 Å². The molecule has 0 rings (SSSR count). The molecule has 0 aliphatic carbocycles. The van der Waals surface area contributed by atoms with Crippen LogP contribution in [0.4, 0.5) is 0 Å². The molecular formula is C46H98N2O8. The zero-order valence-corrected chi connectivity index (χ0v) is 39.7. The van der Waals surface area contributed by atoms with Crippen molar-refractivity contribution in [1.82, 2.24) is 10.2 Å². The van der Waals surface area contributed by atoms with Crippen molar-refractivity contribution in [2.24, 2.45) is 17.3 Å². The van der Waals surface area contributed by atoms with Gasteiger partial charge in [0.2, 0.25) is 11.8 Å². The van der Waals surface area contributed by atoms with Gasteiger partial charge in [-0.25, -0.2) is 0 Å². The number of aldehydes is 1. The highest BCUT2D eigenvalue weighted by Crippen LogP contribution is 2.19. The van der Waals surface area contributed by atoms with E-state index in [2.05, 4.69) is 60.7 Å². The lowest BCUT2D eigenvalue weighted by atomic mass is 9.91. The molecule has 0 bridgehead atoms. The smallest absolute Gasteiger partial charge is 0.223 e. The second-order valence-corrected chi connectivity index (χ2v) is 15.7. The number of hydrogen-bond donors (Lipinski definition) is 2. The average Bonchev–Trinajstić information content (AvgIpc) is 3.18. The highest BCUT2D eigenvalue weighted by Gasteiger charge is 2.16. The summed E-state index contributed by atoms with van der Waals surface area (Å²) >= 11 is 0. The number of aliphatic hydroxyl groups is 1. The maximum atomic E-state index is 12.1. The Morgan fingerprint density at radius 3 is 1.70 bits per heavy atom. The van der Waals surface area contributed by atoms with E-state index in [1.165, 1.54) is 75.5 Å². The molecule has 2 unspecified atom stereocenters. The number of hydrogen-bond acceptors (Lipinski definition) is 8. The van der Waals surface area contributed by atoms with E-state index in [-0.39, 0.29) is 36.7 Å². The fraction of sp³-hybridized carbons (Fsp3) is 0.935. The van der Waals surface area contributed by atoms with Gasteiger partial charge >= 0.3 is 0 Å². The number of ether oxygens (including phenoxy) is 4. The summed E-state index contributed by atoms with van der Waals surface area (Å²) in [4.78, 5) is 36.7. The number of nitrogens with one attached hydrogen (secondary N) is 1. The Kier molecular flexibility index (Phi) is 58.4. The SMILES string of the molecule is CC.CCCC(C)(C)C.CCCCCCCOCC(COCCCNC(=O)CCN(C)C(=O)CC(C=O)CC)OCCCCCCC.CO.COCCC(C)C. The van der Waals surface area contributed by atoms with Gasteiger partial charge in [0, 0.05) is 79.5 Å². The van der Waals surface area contributed by atoms with E-state index in [1.54, 1.807) is 14.2 Å². The Labute approximate surface area is 348 Å². The van der Waals surface area contributed by atoms with Crippen LogP contribution in [0.15, 0.2) is 0 Å². The lowest BCUT2D eigenvalue weighted by Crippen LogP contribution is -2.34. The third-order valence-electron chi connectivity index (χ3n) is 8.54. The Morgan fingerprint density at radius 1 is 0.768 bits per heavy atom. The Balaban J connectivity index is -0.000000397. The summed E-state index contributed by atoms with van der Waals surface area (Å²) in [6.07, 6.45) is 18.5. The number of amides is 2. The summed E-state index contributed by atoms with van der Waals surface area (Å²) in [5.41, 5.74) is 0.550. The predicted octanol–water partition coefficient (Wildman–Crippen LogP) is 10.5. The Hall–Kier alpha value is -1.59. The van der Waals surface area contributed by atoms with Gasteiger partial charge in [-0.15, -0.1) is 0 Å². The summed E-state index contributed by atoms with van der Waals surface area (Å²) < 4.78 is 22.6. The zero-order valence-electron chi connectivity index (χ0n) is 39.7. The molecule has 0 aliphatic rings. The summed E-state index contributed by atoms with van der Waals surface area (Å²) in [6.45, 7) is 28.6. The fourth-order valence-corrected chi connectivity index (χ4v) is 4.99. The number of nitrogens with zero attached hydrogens (tertiary/aromatic N) is 1. The largest absolute Gasteiger partial charge is 0.400 e. The first kappa shape index (κ1) is 63.6. The predicted molar refractivity (Wildman–Crippen MR) is 238 cm³/mol. The number of rotatable bonds is 32. The van der Waals surface area contributed by atoms with Crippen LogP contribution in [-0.4, -0.2) is 108 Å². The third-order valence-corrected chi connectivity index (χ3v) is 8.54. The van der Waals surface area contributed by atoms with Gasteiger partial charge in [-0.1, -0.05) is 134 Å². The first-order valence-electron chi connectivity index (χ1n) is 22.5. The van der Waals surface area contributed by atoms with E-state index in [4.69, 9.17) is 24.1 Å². The van der Waals surface area contributed by atoms with Crippen LogP contribution in [0.5, 0.6) is 0 Å². The van der Waals surface area contributed by atoms with Crippen LogP contribution < -0.4 is 5.32 Å². The highest BCUT2D eigenvalue weighted by atomic mass is 16.6. The number of carbonyl (C=O) groups excluding carboxylic acids is 3. The van der Waals surface area contributed by atoms with Crippen LogP contribution in [0.25, 0.3) is 0 Å². The maximum absolute atomic E-state index is 12.1. The van der Waals surface area contributed by atoms with Gasteiger partial charge in [-0.3, -0.25) is 9.59 Å². The third kappa shape index (κ3) is 56.7. The fourth-order valence-electron chi connectivity index (χ4n) is 4.99. The van der Waals surface area contributed by atoms with Crippen molar-refractivity contribution in [3.63, 3.8) is 0 Å². The van der Waals surface area contributed by atoms with Crippen molar-refractivity contribution in [3.8, 4) is 0 Å². The summed E-state index contributed by atoms with van der Waals surface area (Å²) in [5.74, 6) is 0.323. The van der Waals surface area contributed by atoms with Crippen molar-refractivity contribution in [2.75, 3.05) is 74.0 Å². The zero-order chi connectivity index (χ0) is 43.9. The lowest BCUT2D eigenvalue weighted by molar-refractivity contribution is -0.133. The topological polar surface area (TPSA) is 124 Å². The minimum atomic E-state index is -0.253. The van der Waals surface area contributed by atoms with Gasteiger partial charge in [-0.05, 0) is 49.9 Å². The molecule has 2 atom stereocenters. The minimum absolute atomic E-state index is 0.0639. The van der Waals surface area contributed by atoms with E-state index in [9.17, 15) is 14.4 Å². The molecule has 0 saturated carbocycles. The highest BCUT2D eigenvalue weighted by molar-refractivity contribution is 5.80. The average molecular weight is 807 g/mol. The second-order valence-electron chi connectivity index (χ2n) is 15.7. The van der Waals surface area contributed by atoms with Crippen molar-refractivity contribution < 1.29 is 38.4 Å². The van der Waals surface area contributed by atoms with Crippen molar-refractivity contribution in [2.45, 2.75) is 191 Å². The van der Waals surface area contributed by atoms with Gasteiger partial charge in [0.15, 0.2) is 0 Å². The molecule has 10 heteroatoms. The lowest BCUT2D eigenvalue weighted by Gasteiger charge is -2.19. The molecule has 0 aromatic rings. The second kappa shape index (κ2) is 51.4. The number of unbranched alkanes of at least 4 members (excludes halogenated alkanes) is 8. The Morgan fingerprint density at radius 2 is 1.29 bits per heavy atom. The molecule has 2 N–H and O–H groups in total. The molecule has 0 spiro atoms. The van der Waals surface area contributed by atoms with Crippen LogP contribution in [0.2, 0.25) is 0 Å². The molecule has 340 valence electrons. The maximum Gasteiger partial charge on any atom is 0.223 e. The molecule has 0 aromatic heterocycles. The minimum Gasteiger partial charge on any atom is -0.400 e. The van der Waals surface area contributed by atoms with E-state index in [0.717, 1.165) is 52.0 Å². The first-order chi connectivity index (χ1) is 26.8. The van der Waals surface area contributed by atoms with Crippen LogP contribution in [0, 0.1) is 17.3 Å². The number of carbonyl (C=O) groups is 3. The molecule has 0 saturated heterocycles. The van der Waals surface area contributed by atoms with Crippen LogP contribution >= 0.6 is 0 Å². The quantitative estimate of drug-likeness (QED) is 0.0509. The van der Waals surface area contributed by atoms with Crippen molar-refractivity contribution >= 4 is 18.1 Å². The molecule has 0 radical (unpaired) electrons. The first-order valence-corrected chi connectivity index (χ1v) is 22.5. The van der Waals surface area contributed by atoms with Crippen LogP contribution in [0.3, 0.4) is 0 Å². The van der Waals surface area contributed by atoms with E-state index >= 15 is 0 Å². The number of aliphatic hydroxyl groups excluding tert-OH is 1. The molecular weight excluding hydrogens is 709 g/mol. The standard InChI is InChI=1S/C30H58N2O6.C7H16.C6H14O.C2H6.CH4O/c1-5-8-10-12-14-20-36-25-28(38-22-15-13-11-9-6-2)26-37-21-16-18-31-29(34)17-19-32(4)30(35)23-27(7-3)24-33;1-5-6-7(2,3)4;1-6(2)4-5-7-3;2*1-2/h24,27-28H,5-23,25-26H2,1-4H3,(H,31,34);5-6H2,1-4H3;6H,4-5H2,1-3H3;1-2H3;2H,1H3. The van der Waals surface area contributed by atoms with Gasteiger partial charge in [0.25, 0.3) is 0 Å². The summed E-state index contributed by atoms with van der Waals surface area (Å²) in [5, 5.41) is 9.88. The van der Waals surface area contributed by atoms with E-state index < -0.39 is 0 Å². The van der Waals surface area contributed by atoms with Gasteiger partial charge in [0.05, 0.1) is 13.2 Å². The van der Waals surface area contributed by atoms with Gasteiger partial charge in [-0.2, -0.15) is 0 Å². The molecule has 56 heavy (non-hydrogen) atoms. The molecule has 10 nitrogen and oxygen atoms in total. The molecule has 0 aliphatic heterocycles. The van der Waals surface area contributed by atoms with Gasteiger partial charge < -0.3 is 39.1 Å². The normalized spacial score (nSPS) is 11.6. The van der Waals surface area contributed by atoms with Crippen LogP contribution in [-0.2, 0) is 33.3 Å². The molecule has 2 amide bonds. The molecule has 0 heterocycles.